The predicted octanol–water partition coefficient (Wildman–Crippen LogP) is 3.32. The number of benzene rings is 2. The highest BCUT2D eigenvalue weighted by atomic mass is 32.2. The maximum absolute atomic E-state index is 12.8. The second-order valence-electron chi connectivity index (χ2n) is 7.68. The van der Waals surface area contributed by atoms with Crippen molar-refractivity contribution in [1.29, 1.82) is 0 Å². The summed E-state index contributed by atoms with van der Waals surface area (Å²) in [6, 6.07) is 15.7. The fourth-order valence-corrected chi connectivity index (χ4v) is 4.69. The smallest absolute Gasteiger partial charge is 0.255 e. The van der Waals surface area contributed by atoms with Gasteiger partial charge in [-0.1, -0.05) is 30.3 Å². The average molecular weight is 443 g/mol. The Kier molecular flexibility index (Phi) is 6.70. The van der Waals surface area contributed by atoms with Gasteiger partial charge in [-0.15, -0.1) is 0 Å². The number of hydrogen-bond acceptors (Lipinski definition) is 5. The van der Waals surface area contributed by atoms with Crippen molar-refractivity contribution in [3.63, 3.8) is 0 Å². The highest BCUT2D eigenvalue weighted by Crippen LogP contribution is 2.26. The molecule has 2 aliphatic heterocycles. The Bertz CT molecular complexity index is 1010. The first-order valence-corrected chi connectivity index (χ1v) is 11.9. The maximum Gasteiger partial charge on any atom is 0.255 e. The molecule has 2 aliphatic rings. The summed E-state index contributed by atoms with van der Waals surface area (Å²) in [6.45, 7) is 2.60. The van der Waals surface area contributed by atoms with Crippen LogP contribution >= 0.6 is 0 Å². The third-order valence-electron chi connectivity index (χ3n) is 5.49. The number of sulfonamides is 1. The topological polar surface area (TPSA) is 84.9 Å². The molecule has 2 saturated heterocycles. The molecular weight excluding hydrogens is 416 g/mol. The molecule has 2 heterocycles. The summed E-state index contributed by atoms with van der Waals surface area (Å²) in [5.74, 6) is 0.275. The first kappa shape index (κ1) is 21.5. The van der Waals surface area contributed by atoms with Crippen LogP contribution < -0.4 is 4.72 Å². The van der Waals surface area contributed by atoms with Crippen molar-refractivity contribution < 1.29 is 22.7 Å². The van der Waals surface area contributed by atoms with Gasteiger partial charge in [-0.25, -0.2) is 8.42 Å². The van der Waals surface area contributed by atoms with Gasteiger partial charge < -0.3 is 14.4 Å². The lowest BCUT2D eigenvalue weighted by atomic mass is 9.95. The van der Waals surface area contributed by atoms with Gasteiger partial charge in [-0.2, -0.15) is 0 Å². The standard InChI is InChI=1S/C23H26N2O5S/c26-22(25-13-10-20(11-14-25)23-29-15-16-30-23)19-6-8-21(9-7-19)24-31(27,28)17-12-18-4-2-1-3-5-18/h1-9,12,17,20,23-24H,10-11,13-16H2/b17-12+. The summed E-state index contributed by atoms with van der Waals surface area (Å²) < 4.78 is 38.2. The van der Waals surface area contributed by atoms with E-state index in [0.29, 0.717) is 43.5 Å². The van der Waals surface area contributed by atoms with E-state index in [1.165, 1.54) is 6.08 Å². The summed E-state index contributed by atoms with van der Waals surface area (Å²) in [6.07, 6.45) is 3.09. The Labute approximate surface area is 182 Å². The van der Waals surface area contributed by atoms with Crippen LogP contribution in [0.3, 0.4) is 0 Å². The summed E-state index contributed by atoms with van der Waals surface area (Å²) in [5.41, 5.74) is 1.74. The number of ether oxygens (including phenoxy) is 2. The van der Waals surface area contributed by atoms with Crippen molar-refractivity contribution >= 4 is 27.7 Å². The number of nitrogens with zero attached hydrogens (tertiary/aromatic N) is 1. The van der Waals surface area contributed by atoms with Crippen LogP contribution in [0.15, 0.2) is 60.0 Å². The number of carbonyl (C=O) groups is 1. The first-order chi connectivity index (χ1) is 15.0. The van der Waals surface area contributed by atoms with Crippen LogP contribution in [-0.4, -0.2) is 51.8 Å². The van der Waals surface area contributed by atoms with Crippen LogP contribution in [0.4, 0.5) is 5.69 Å². The summed E-state index contributed by atoms with van der Waals surface area (Å²) >= 11 is 0. The van der Waals surface area contributed by atoms with Gasteiger partial charge in [0.05, 0.1) is 18.6 Å². The van der Waals surface area contributed by atoms with E-state index in [4.69, 9.17) is 9.47 Å². The van der Waals surface area contributed by atoms with Crippen LogP contribution in [0, 0.1) is 5.92 Å². The third kappa shape index (κ3) is 5.72. The van der Waals surface area contributed by atoms with Gasteiger partial charge in [0, 0.05) is 30.3 Å². The molecule has 2 aromatic rings. The summed E-state index contributed by atoms with van der Waals surface area (Å²) in [4.78, 5) is 14.6. The lowest BCUT2D eigenvalue weighted by molar-refractivity contribution is -0.0956. The normalized spacial score (nSPS) is 18.5. The van der Waals surface area contributed by atoms with Crippen LogP contribution in [0.1, 0.15) is 28.8 Å². The highest BCUT2D eigenvalue weighted by molar-refractivity contribution is 7.95. The van der Waals surface area contributed by atoms with Gasteiger partial charge in [0.2, 0.25) is 0 Å². The fourth-order valence-electron chi connectivity index (χ4n) is 3.82. The van der Waals surface area contributed by atoms with Gasteiger partial charge >= 0.3 is 0 Å². The number of likely N-dealkylation sites (tertiary alicyclic amines) is 1. The second-order valence-corrected chi connectivity index (χ2v) is 9.24. The van der Waals surface area contributed by atoms with E-state index < -0.39 is 10.0 Å². The zero-order valence-corrected chi connectivity index (χ0v) is 18.0. The van der Waals surface area contributed by atoms with E-state index in [1.54, 1.807) is 24.3 Å². The zero-order valence-electron chi connectivity index (χ0n) is 17.1. The van der Waals surface area contributed by atoms with Crippen LogP contribution in [0.25, 0.3) is 6.08 Å². The lowest BCUT2D eigenvalue weighted by Gasteiger charge is -2.33. The van der Waals surface area contributed by atoms with Crippen molar-refractivity contribution in [2.75, 3.05) is 31.0 Å². The Morgan fingerprint density at radius 1 is 0.968 bits per heavy atom. The molecule has 1 N–H and O–H groups in total. The molecule has 0 bridgehead atoms. The molecule has 7 nitrogen and oxygen atoms in total. The van der Waals surface area contributed by atoms with E-state index in [1.807, 2.05) is 35.2 Å². The van der Waals surface area contributed by atoms with Gasteiger partial charge in [0.15, 0.2) is 6.29 Å². The van der Waals surface area contributed by atoms with Crippen molar-refractivity contribution in [2.45, 2.75) is 19.1 Å². The molecule has 8 heteroatoms. The molecule has 2 fully saturated rings. The Morgan fingerprint density at radius 2 is 1.61 bits per heavy atom. The minimum atomic E-state index is -3.65. The molecule has 1 amide bonds. The van der Waals surface area contributed by atoms with E-state index in [9.17, 15) is 13.2 Å². The van der Waals surface area contributed by atoms with E-state index in [-0.39, 0.29) is 12.2 Å². The Hall–Kier alpha value is -2.68. The molecule has 0 saturated carbocycles. The number of nitrogens with one attached hydrogen (secondary N) is 1. The number of amides is 1. The van der Waals surface area contributed by atoms with Crippen LogP contribution in [0.5, 0.6) is 0 Å². The minimum Gasteiger partial charge on any atom is -0.350 e. The number of piperidine rings is 1. The SMILES string of the molecule is O=C(c1ccc(NS(=O)(=O)/C=C/c2ccccc2)cc1)N1CCC(C2OCCO2)CC1. The molecule has 0 atom stereocenters. The largest absolute Gasteiger partial charge is 0.350 e. The number of rotatable bonds is 6. The van der Waals surface area contributed by atoms with Crippen molar-refractivity contribution in [3.8, 4) is 0 Å². The van der Waals surface area contributed by atoms with Crippen LogP contribution in [-0.2, 0) is 19.5 Å². The van der Waals surface area contributed by atoms with E-state index >= 15 is 0 Å². The Balaban J connectivity index is 1.32. The number of hydrogen-bond donors (Lipinski definition) is 1. The monoisotopic (exact) mass is 442 g/mol. The van der Waals surface area contributed by atoms with Gasteiger partial charge in [0.25, 0.3) is 15.9 Å². The first-order valence-electron chi connectivity index (χ1n) is 10.4. The molecule has 0 aromatic heterocycles. The molecule has 164 valence electrons. The minimum absolute atomic E-state index is 0.0508. The third-order valence-corrected chi connectivity index (χ3v) is 6.51. The zero-order chi connectivity index (χ0) is 21.7. The van der Waals surface area contributed by atoms with Crippen molar-refractivity contribution in [3.05, 3.63) is 71.1 Å². The van der Waals surface area contributed by atoms with Crippen molar-refractivity contribution in [2.24, 2.45) is 5.92 Å². The molecule has 0 spiro atoms. The molecule has 31 heavy (non-hydrogen) atoms. The van der Waals surface area contributed by atoms with Gasteiger partial charge in [-0.3, -0.25) is 9.52 Å². The Morgan fingerprint density at radius 3 is 2.26 bits per heavy atom. The van der Waals surface area contributed by atoms with Gasteiger partial charge in [-0.05, 0) is 48.7 Å². The van der Waals surface area contributed by atoms with E-state index in [2.05, 4.69) is 4.72 Å². The fraction of sp³-hybridized carbons (Fsp3) is 0.348. The quantitative estimate of drug-likeness (QED) is 0.742. The number of carbonyl (C=O) groups excluding carboxylic acids is 1. The van der Waals surface area contributed by atoms with Crippen LogP contribution in [0.2, 0.25) is 0 Å². The molecule has 0 unspecified atom stereocenters. The number of anilines is 1. The average Bonchev–Trinajstić information content (AvgIpc) is 3.34. The molecule has 2 aromatic carbocycles. The summed E-state index contributed by atoms with van der Waals surface area (Å²) in [7, 11) is -3.65. The molecular formula is C23H26N2O5S. The molecule has 4 rings (SSSR count). The predicted molar refractivity (Wildman–Crippen MR) is 119 cm³/mol. The van der Waals surface area contributed by atoms with Crippen molar-refractivity contribution in [1.82, 2.24) is 4.90 Å². The molecule has 0 radical (unpaired) electrons. The maximum atomic E-state index is 12.8. The van der Waals surface area contributed by atoms with E-state index in [0.717, 1.165) is 23.8 Å². The second kappa shape index (κ2) is 9.64. The lowest BCUT2D eigenvalue weighted by Crippen LogP contribution is -2.41. The van der Waals surface area contributed by atoms with Gasteiger partial charge in [0.1, 0.15) is 0 Å². The molecule has 0 aliphatic carbocycles. The summed E-state index contributed by atoms with van der Waals surface area (Å²) in [5, 5.41) is 1.13. The highest BCUT2D eigenvalue weighted by Gasteiger charge is 2.32.